The second-order valence-corrected chi connectivity index (χ2v) is 8.81. The lowest BCUT2D eigenvalue weighted by molar-refractivity contribution is 0.172. The second-order valence-electron chi connectivity index (χ2n) is 7.93. The quantitative estimate of drug-likeness (QED) is 0.518. The lowest BCUT2D eigenvalue weighted by Gasteiger charge is -2.32. The number of nitrogens with zero attached hydrogens (tertiary/aromatic N) is 4. The van der Waals surface area contributed by atoms with Gasteiger partial charge in [0, 0.05) is 30.7 Å². The fraction of sp³-hybridized carbons (Fsp3) is 0.375. The number of anilines is 1. The predicted octanol–water partition coefficient (Wildman–Crippen LogP) is 4.20. The van der Waals surface area contributed by atoms with Crippen LogP contribution < -0.4 is 10.9 Å². The molecule has 0 saturated carbocycles. The zero-order valence-electron chi connectivity index (χ0n) is 19.3. The Morgan fingerprint density at radius 3 is 2.44 bits per heavy atom. The Bertz CT molecular complexity index is 1130. The standard InChI is InChI=1S/C24H31N5O2S/c1-6-21(22-26-20-10-8-7-9-19(20)23(30)28(22)4)29(16-15-27(2)3)24(31)25-17-11-13-18(32-5)14-12-17/h7-14,21H,6,15-16H2,1-5H3,(H,25,31). The third-order valence-corrected chi connectivity index (χ3v) is 6.21. The minimum Gasteiger partial charge on any atom is -0.313 e. The van der Waals surface area contributed by atoms with E-state index < -0.39 is 0 Å². The first-order chi connectivity index (χ1) is 15.3. The van der Waals surface area contributed by atoms with E-state index in [0.29, 0.717) is 36.2 Å². The van der Waals surface area contributed by atoms with Gasteiger partial charge in [-0.15, -0.1) is 11.8 Å². The summed E-state index contributed by atoms with van der Waals surface area (Å²) < 4.78 is 1.57. The molecule has 3 aromatic rings. The van der Waals surface area contributed by atoms with E-state index in [1.165, 1.54) is 0 Å². The average molecular weight is 454 g/mol. The number of amides is 2. The van der Waals surface area contributed by atoms with E-state index in [2.05, 4.69) is 5.32 Å². The number of thioether (sulfide) groups is 1. The van der Waals surface area contributed by atoms with Crippen molar-refractivity contribution in [1.82, 2.24) is 19.4 Å². The van der Waals surface area contributed by atoms with E-state index in [9.17, 15) is 9.59 Å². The molecule has 8 heteroatoms. The Morgan fingerprint density at radius 1 is 1.12 bits per heavy atom. The molecule has 0 bridgehead atoms. The zero-order chi connectivity index (χ0) is 23.3. The van der Waals surface area contributed by atoms with Gasteiger partial charge in [-0.1, -0.05) is 19.1 Å². The highest BCUT2D eigenvalue weighted by Crippen LogP contribution is 2.25. The van der Waals surface area contributed by atoms with Gasteiger partial charge in [0.05, 0.1) is 16.9 Å². The number of benzene rings is 2. The Hall–Kier alpha value is -2.84. The molecular formula is C24H31N5O2S. The van der Waals surface area contributed by atoms with Crippen LogP contribution in [0.25, 0.3) is 10.9 Å². The summed E-state index contributed by atoms with van der Waals surface area (Å²) in [6.45, 7) is 3.20. The van der Waals surface area contributed by atoms with E-state index in [4.69, 9.17) is 4.98 Å². The Morgan fingerprint density at radius 2 is 1.81 bits per heavy atom. The van der Waals surface area contributed by atoms with Gasteiger partial charge in [-0.25, -0.2) is 9.78 Å². The Kier molecular flexibility index (Phi) is 7.93. The number of aromatic nitrogens is 2. The molecule has 0 aliphatic rings. The molecule has 7 nitrogen and oxygen atoms in total. The third kappa shape index (κ3) is 5.31. The number of carbonyl (C=O) groups is 1. The number of likely N-dealkylation sites (N-methyl/N-ethyl adjacent to an activating group) is 1. The molecule has 0 aliphatic carbocycles. The molecule has 0 aliphatic heterocycles. The monoisotopic (exact) mass is 453 g/mol. The Labute approximate surface area is 193 Å². The largest absolute Gasteiger partial charge is 0.322 e. The lowest BCUT2D eigenvalue weighted by Crippen LogP contribution is -2.43. The van der Waals surface area contributed by atoms with Crippen molar-refractivity contribution in [2.24, 2.45) is 7.05 Å². The van der Waals surface area contributed by atoms with Crippen molar-refractivity contribution in [3.05, 3.63) is 64.7 Å². The van der Waals surface area contributed by atoms with E-state index in [0.717, 1.165) is 10.6 Å². The molecule has 0 saturated heterocycles. The van der Waals surface area contributed by atoms with Crippen molar-refractivity contribution in [3.63, 3.8) is 0 Å². The number of rotatable bonds is 8. The van der Waals surface area contributed by atoms with E-state index in [1.807, 2.05) is 74.6 Å². The van der Waals surface area contributed by atoms with Gasteiger partial charge in [0.15, 0.2) is 0 Å². The molecule has 1 heterocycles. The zero-order valence-corrected chi connectivity index (χ0v) is 20.1. The van der Waals surface area contributed by atoms with Crippen molar-refractivity contribution < 1.29 is 4.79 Å². The van der Waals surface area contributed by atoms with Crippen LogP contribution in [0.5, 0.6) is 0 Å². The van der Waals surface area contributed by atoms with Crippen molar-refractivity contribution in [2.45, 2.75) is 24.3 Å². The van der Waals surface area contributed by atoms with E-state index in [1.54, 1.807) is 34.3 Å². The molecule has 32 heavy (non-hydrogen) atoms. The number of para-hydroxylation sites is 1. The van der Waals surface area contributed by atoms with Crippen LogP contribution in [-0.4, -0.2) is 58.8 Å². The first-order valence-electron chi connectivity index (χ1n) is 10.7. The highest BCUT2D eigenvalue weighted by atomic mass is 32.2. The minimum atomic E-state index is -0.345. The van der Waals surface area contributed by atoms with Crippen molar-refractivity contribution in [1.29, 1.82) is 0 Å². The second kappa shape index (κ2) is 10.7. The number of fused-ring (bicyclic) bond motifs is 1. The number of carbonyl (C=O) groups excluding carboxylic acids is 1. The van der Waals surface area contributed by atoms with Gasteiger partial charge in [-0.05, 0) is 63.2 Å². The number of hydrogen-bond donors (Lipinski definition) is 1. The van der Waals surface area contributed by atoms with Gasteiger partial charge in [0.2, 0.25) is 0 Å². The maximum Gasteiger partial charge on any atom is 0.322 e. The Balaban J connectivity index is 1.98. The van der Waals surface area contributed by atoms with Crippen LogP contribution in [-0.2, 0) is 7.05 Å². The van der Waals surface area contributed by atoms with Crippen LogP contribution in [0.15, 0.2) is 58.2 Å². The summed E-state index contributed by atoms with van der Waals surface area (Å²) in [5, 5.41) is 3.59. The smallest absolute Gasteiger partial charge is 0.313 e. The van der Waals surface area contributed by atoms with Crippen molar-refractivity contribution in [2.75, 3.05) is 38.8 Å². The van der Waals surface area contributed by atoms with Gasteiger partial charge in [0.25, 0.3) is 5.56 Å². The summed E-state index contributed by atoms with van der Waals surface area (Å²) in [6, 6.07) is 14.5. The maximum atomic E-state index is 13.4. The van der Waals surface area contributed by atoms with Gasteiger partial charge in [-0.2, -0.15) is 0 Å². The number of nitrogens with one attached hydrogen (secondary N) is 1. The molecule has 1 atom stereocenters. The van der Waals surface area contributed by atoms with Crippen LogP contribution in [0.1, 0.15) is 25.2 Å². The SMILES string of the molecule is CCC(c1nc2ccccc2c(=O)n1C)N(CCN(C)C)C(=O)Nc1ccc(SC)cc1. The van der Waals surface area contributed by atoms with Crippen LogP contribution in [0.4, 0.5) is 10.5 Å². The third-order valence-electron chi connectivity index (χ3n) is 5.47. The minimum absolute atomic E-state index is 0.107. The molecule has 0 fully saturated rings. The van der Waals surface area contributed by atoms with E-state index >= 15 is 0 Å². The van der Waals surface area contributed by atoms with Crippen LogP contribution >= 0.6 is 11.8 Å². The molecule has 1 aromatic heterocycles. The summed E-state index contributed by atoms with van der Waals surface area (Å²) in [6.07, 6.45) is 2.65. The summed E-state index contributed by atoms with van der Waals surface area (Å²) in [7, 11) is 5.67. The molecule has 170 valence electrons. The van der Waals surface area contributed by atoms with Crippen LogP contribution in [0, 0.1) is 0 Å². The highest BCUT2D eigenvalue weighted by Gasteiger charge is 2.28. The molecule has 0 radical (unpaired) electrons. The van der Waals surface area contributed by atoms with Crippen molar-refractivity contribution >= 4 is 34.4 Å². The molecule has 2 amide bonds. The number of hydrogen-bond acceptors (Lipinski definition) is 5. The van der Waals surface area contributed by atoms with Gasteiger partial charge < -0.3 is 15.1 Å². The first-order valence-corrected chi connectivity index (χ1v) is 11.9. The lowest BCUT2D eigenvalue weighted by atomic mass is 10.1. The maximum absolute atomic E-state index is 13.4. The fourth-order valence-corrected chi connectivity index (χ4v) is 4.06. The van der Waals surface area contributed by atoms with Crippen LogP contribution in [0.2, 0.25) is 0 Å². The summed E-state index contributed by atoms with van der Waals surface area (Å²) in [5.41, 5.74) is 1.27. The number of urea groups is 1. The molecule has 0 spiro atoms. The highest BCUT2D eigenvalue weighted by molar-refractivity contribution is 7.98. The van der Waals surface area contributed by atoms with Gasteiger partial charge in [0.1, 0.15) is 5.82 Å². The first kappa shape index (κ1) is 23.8. The van der Waals surface area contributed by atoms with Crippen molar-refractivity contribution in [3.8, 4) is 0 Å². The van der Waals surface area contributed by atoms with Gasteiger partial charge >= 0.3 is 6.03 Å². The van der Waals surface area contributed by atoms with Crippen LogP contribution in [0.3, 0.4) is 0 Å². The van der Waals surface area contributed by atoms with E-state index in [-0.39, 0.29) is 17.6 Å². The summed E-state index contributed by atoms with van der Waals surface area (Å²) in [4.78, 5) is 36.1. The average Bonchev–Trinajstić information content (AvgIpc) is 2.79. The summed E-state index contributed by atoms with van der Waals surface area (Å²) >= 11 is 1.65. The normalized spacial score (nSPS) is 12.2. The van der Waals surface area contributed by atoms with Gasteiger partial charge in [-0.3, -0.25) is 9.36 Å². The molecule has 2 aromatic carbocycles. The summed E-state index contributed by atoms with van der Waals surface area (Å²) in [5.74, 6) is 0.586. The molecule has 1 unspecified atom stereocenters. The fourth-order valence-electron chi connectivity index (χ4n) is 3.65. The molecular weight excluding hydrogens is 422 g/mol. The predicted molar refractivity (Wildman–Crippen MR) is 133 cm³/mol. The molecule has 3 rings (SSSR count). The molecule has 1 N–H and O–H groups in total. The topological polar surface area (TPSA) is 70.5 Å².